The molecule has 114 valence electrons. The summed E-state index contributed by atoms with van der Waals surface area (Å²) in [4.78, 5) is 20.8. The topological polar surface area (TPSA) is 45.7 Å². The van der Waals surface area contributed by atoms with Gasteiger partial charge in [0.25, 0.3) is 0 Å². The Morgan fingerprint density at radius 2 is 2.33 bits per heavy atom. The highest BCUT2D eigenvalue weighted by molar-refractivity contribution is 5.78. The highest BCUT2D eigenvalue weighted by Crippen LogP contribution is 2.32. The van der Waals surface area contributed by atoms with Gasteiger partial charge in [-0.1, -0.05) is 6.07 Å². The lowest BCUT2D eigenvalue weighted by Crippen LogP contribution is -2.52. The van der Waals surface area contributed by atoms with Gasteiger partial charge in [0.15, 0.2) is 0 Å². The van der Waals surface area contributed by atoms with Gasteiger partial charge in [0.2, 0.25) is 5.91 Å². The molecular weight excluding hydrogens is 266 g/mol. The van der Waals surface area contributed by atoms with Crippen LogP contribution in [0.3, 0.4) is 0 Å². The van der Waals surface area contributed by atoms with E-state index in [4.69, 9.17) is 4.74 Å². The zero-order valence-electron chi connectivity index (χ0n) is 12.7. The monoisotopic (exact) mass is 289 g/mol. The van der Waals surface area contributed by atoms with Gasteiger partial charge < -0.3 is 9.64 Å². The van der Waals surface area contributed by atoms with Crippen LogP contribution in [0.5, 0.6) is 0 Å². The fourth-order valence-corrected chi connectivity index (χ4v) is 3.48. The maximum atomic E-state index is 12.3. The van der Waals surface area contributed by atoms with Crippen molar-refractivity contribution >= 4 is 5.91 Å². The molecule has 0 radical (unpaired) electrons. The van der Waals surface area contributed by atoms with E-state index in [1.165, 1.54) is 0 Å². The maximum absolute atomic E-state index is 12.3. The minimum atomic E-state index is 0.0306. The SMILES string of the molecule is CN(C)C(=O)[C@H]1C[C@H]2OCC[C@H]2N(Cc2ccccn2)C1. The van der Waals surface area contributed by atoms with Crippen LogP contribution in [-0.2, 0) is 16.1 Å². The van der Waals surface area contributed by atoms with Crippen LogP contribution in [0.25, 0.3) is 0 Å². The van der Waals surface area contributed by atoms with Crippen molar-refractivity contribution in [3.8, 4) is 0 Å². The number of rotatable bonds is 3. The van der Waals surface area contributed by atoms with Crippen molar-refractivity contribution in [1.82, 2.24) is 14.8 Å². The molecule has 3 atom stereocenters. The molecule has 1 amide bonds. The molecule has 0 aromatic carbocycles. The number of hydrogen-bond donors (Lipinski definition) is 0. The third kappa shape index (κ3) is 3.09. The van der Waals surface area contributed by atoms with Crippen molar-refractivity contribution in [3.63, 3.8) is 0 Å². The van der Waals surface area contributed by atoms with Crippen molar-refractivity contribution in [2.45, 2.75) is 31.5 Å². The lowest BCUT2D eigenvalue weighted by Gasteiger charge is -2.40. The predicted octanol–water partition coefficient (Wildman–Crippen LogP) is 1.15. The second kappa shape index (κ2) is 6.12. The van der Waals surface area contributed by atoms with E-state index in [1.807, 2.05) is 38.5 Å². The zero-order valence-corrected chi connectivity index (χ0v) is 12.7. The van der Waals surface area contributed by atoms with Crippen LogP contribution in [0.2, 0.25) is 0 Å². The van der Waals surface area contributed by atoms with E-state index in [-0.39, 0.29) is 17.9 Å². The minimum absolute atomic E-state index is 0.0306. The molecule has 3 heterocycles. The Hall–Kier alpha value is -1.46. The lowest BCUT2D eigenvalue weighted by atomic mass is 9.89. The summed E-state index contributed by atoms with van der Waals surface area (Å²) in [7, 11) is 3.65. The van der Waals surface area contributed by atoms with Gasteiger partial charge >= 0.3 is 0 Å². The molecule has 3 rings (SSSR count). The molecule has 2 saturated heterocycles. The number of likely N-dealkylation sites (tertiary alicyclic amines) is 1. The van der Waals surface area contributed by atoms with Gasteiger partial charge in [-0.05, 0) is 25.0 Å². The van der Waals surface area contributed by atoms with Crippen molar-refractivity contribution in [1.29, 1.82) is 0 Å². The predicted molar refractivity (Wildman–Crippen MR) is 79.6 cm³/mol. The normalized spacial score (nSPS) is 29.1. The van der Waals surface area contributed by atoms with Gasteiger partial charge in [-0.2, -0.15) is 0 Å². The van der Waals surface area contributed by atoms with Crippen LogP contribution in [-0.4, -0.2) is 60.1 Å². The van der Waals surface area contributed by atoms with Crippen LogP contribution < -0.4 is 0 Å². The summed E-state index contributed by atoms with van der Waals surface area (Å²) in [5, 5.41) is 0. The summed E-state index contributed by atoms with van der Waals surface area (Å²) >= 11 is 0. The number of carbonyl (C=O) groups is 1. The number of pyridine rings is 1. The number of nitrogens with zero attached hydrogens (tertiary/aromatic N) is 3. The molecule has 0 unspecified atom stereocenters. The first kappa shape index (κ1) is 14.5. The summed E-state index contributed by atoms with van der Waals surface area (Å²) < 4.78 is 5.85. The molecule has 5 nitrogen and oxygen atoms in total. The molecule has 1 aromatic rings. The second-order valence-corrected chi connectivity index (χ2v) is 6.18. The third-order valence-electron chi connectivity index (χ3n) is 4.50. The molecule has 21 heavy (non-hydrogen) atoms. The fraction of sp³-hybridized carbons (Fsp3) is 0.625. The fourth-order valence-electron chi connectivity index (χ4n) is 3.48. The van der Waals surface area contributed by atoms with Crippen LogP contribution in [0.15, 0.2) is 24.4 Å². The second-order valence-electron chi connectivity index (χ2n) is 6.18. The smallest absolute Gasteiger partial charge is 0.226 e. The number of carbonyl (C=O) groups excluding carboxylic acids is 1. The molecule has 2 aliphatic rings. The number of aromatic nitrogens is 1. The number of hydrogen-bond acceptors (Lipinski definition) is 4. The summed E-state index contributed by atoms with van der Waals surface area (Å²) in [6.07, 6.45) is 3.92. The standard InChI is InChI=1S/C16H23N3O2/c1-18(2)16(20)12-9-15-14(6-8-21-15)19(10-12)11-13-5-3-4-7-17-13/h3-5,7,12,14-15H,6,8-11H2,1-2H3/t12-,14+,15+/m0/s1. The van der Waals surface area contributed by atoms with E-state index >= 15 is 0 Å². The van der Waals surface area contributed by atoms with Crippen LogP contribution in [0.4, 0.5) is 0 Å². The Kier molecular flexibility index (Phi) is 4.22. The molecule has 2 aliphatic heterocycles. The Morgan fingerprint density at radius 1 is 1.48 bits per heavy atom. The summed E-state index contributed by atoms with van der Waals surface area (Å²) in [5.74, 6) is 0.234. The molecule has 0 spiro atoms. The maximum Gasteiger partial charge on any atom is 0.226 e. The first-order valence-electron chi connectivity index (χ1n) is 7.62. The van der Waals surface area contributed by atoms with E-state index < -0.39 is 0 Å². The van der Waals surface area contributed by atoms with Crippen molar-refractivity contribution in [3.05, 3.63) is 30.1 Å². The van der Waals surface area contributed by atoms with Crippen molar-refractivity contribution in [2.24, 2.45) is 5.92 Å². The molecule has 0 aliphatic carbocycles. The Morgan fingerprint density at radius 3 is 3.05 bits per heavy atom. The van der Waals surface area contributed by atoms with Gasteiger partial charge in [-0.25, -0.2) is 0 Å². The number of ether oxygens (including phenoxy) is 1. The summed E-state index contributed by atoms with van der Waals surface area (Å²) in [6, 6.07) is 6.41. The quantitative estimate of drug-likeness (QED) is 0.837. The molecule has 2 fully saturated rings. The molecule has 5 heteroatoms. The van der Waals surface area contributed by atoms with Crippen LogP contribution in [0.1, 0.15) is 18.5 Å². The highest BCUT2D eigenvalue weighted by atomic mass is 16.5. The highest BCUT2D eigenvalue weighted by Gasteiger charge is 2.42. The van der Waals surface area contributed by atoms with Gasteiger partial charge in [-0.15, -0.1) is 0 Å². The van der Waals surface area contributed by atoms with Crippen molar-refractivity contribution < 1.29 is 9.53 Å². The van der Waals surface area contributed by atoms with E-state index in [2.05, 4.69) is 9.88 Å². The van der Waals surface area contributed by atoms with E-state index in [1.54, 1.807) is 4.90 Å². The number of amides is 1. The van der Waals surface area contributed by atoms with E-state index in [9.17, 15) is 4.79 Å². The Bertz CT molecular complexity index is 492. The average molecular weight is 289 g/mol. The molecule has 0 bridgehead atoms. The Balaban J connectivity index is 1.75. The molecule has 1 aromatic heterocycles. The van der Waals surface area contributed by atoms with Crippen LogP contribution in [0, 0.1) is 5.92 Å². The minimum Gasteiger partial charge on any atom is -0.377 e. The summed E-state index contributed by atoms with van der Waals surface area (Å²) in [5.41, 5.74) is 1.06. The largest absolute Gasteiger partial charge is 0.377 e. The number of piperidine rings is 1. The van der Waals surface area contributed by atoms with E-state index in [0.29, 0.717) is 6.04 Å². The number of fused-ring (bicyclic) bond motifs is 1. The van der Waals surface area contributed by atoms with E-state index in [0.717, 1.165) is 38.2 Å². The lowest BCUT2D eigenvalue weighted by molar-refractivity contribution is -0.137. The first-order valence-corrected chi connectivity index (χ1v) is 7.62. The molecule has 0 saturated carbocycles. The molecule has 0 N–H and O–H groups in total. The average Bonchev–Trinajstić information content (AvgIpc) is 2.96. The van der Waals surface area contributed by atoms with Gasteiger partial charge in [0, 0.05) is 46.0 Å². The zero-order chi connectivity index (χ0) is 14.8. The van der Waals surface area contributed by atoms with Gasteiger partial charge in [-0.3, -0.25) is 14.7 Å². The Labute approximate surface area is 125 Å². The third-order valence-corrected chi connectivity index (χ3v) is 4.50. The van der Waals surface area contributed by atoms with Gasteiger partial charge in [0.1, 0.15) is 0 Å². The van der Waals surface area contributed by atoms with Gasteiger partial charge in [0.05, 0.1) is 17.7 Å². The molecular formula is C16H23N3O2. The summed E-state index contributed by atoms with van der Waals surface area (Å²) in [6.45, 7) is 2.40. The first-order chi connectivity index (χ1) is 10.1. The van der Waals surface area contributed by atoms with Crippen molar-refractivity contribution in [2.75, 3.05) is 27.2 Å². The van der Waals surface area contributed by atoms with Crippen LogP contribution >= 0.6 is 0 Å².